The van der Waals surface area contributed by atoms with E-state index in [4.69, 9.17) is 9.47 Å². The Morgan fingerprint density at radius 1 is 1.19 bits per heavy atom. The van der Waals surface area contributed by atoms with Crippen LogP contribution in [0.4, 0.5) is 0 Å². The number of esters is 1. The number of hydrogen-bond donors (Lipinski definition) is 0. The molecular weight excluding hydrogens is 208 g/mol. The fourth-order valence-electron chi connectivity index (χ4n) is 2.12. The number of methoxy groups -OCH3 is 1. The molecule has 0 atom stereocenters. The van der Waals surface area contributed by atoms with Crippen LogP contribution in [0.5, 0.6) is 0 Å². The molecule has 4 heteroatoms. The van der Waals surface area contributed by atoms with E-state index in [0.29, 0.717) is 6.61 Å². The molecule has 0 unspecified atom stereocenters. The Hall–Kier alpha value is -0.900. The van der Waals surface area contributed by atoms with Crippen LogP contribution in [0.25, 0.3) is 0 Å². The van der Waals surface area contributed by atoms with Crippen LogP contribution in [0.15, 0.2) is 0 Å². The number of hydrogen-bond acceptors (Lipinski definition) is 4. The predicted molar refractivity (Wildman–Crippen MR) is 59.0 cm³/mol. The third-order valence-corrected chi connectivity index (χ3v) is 3.09. The van der Waals surface area contributed by atoms with Crippen molar-refractivity contribution in [3.8, 4) is 0 Å². The Morgan fingerprint density at radius 2 is 1.81 bits per heavy atom. The third kappa shape index (κ3) is 3.93. The molecule has 4 nitrogen and oxygen atoms in total. The molecule has 1 aliphatic carbocycles. The Kier molecular flexibility index (Phi) is 5.46. The second kappa shape index (κ2) is 6.63. The van der Waals surface area contributed by atoms with E-state index in [1.807, 2.05) is 0 Å². The van der Waals surface area contributed by atoms with Gasteiger partial charge in [-0.05, 0) is 32.6 Å². The van der Waals surface area contributed by atoms with Gasteiger partial charge in [0.1, 0.15) is 12.2 Å². The second-order valence-electron chi connectivity index (χ2n) is 4.16. The summed E-state index contributed by atoms with van der Waals surface area (Å²) in [4.78, 5) is 22.9. The van der Waals surface area contributed by atoms with Crippen molar-refractivity contribution in [2.75, 3.05) is 13.7 Å². The first-order valence-corrected chi connectivity index (χ1v) is 5.88. The van der Waals surface area contributed by atoms with Gasteiger partial charge in [-0.25, -0.2) is 0 Å². The SMILES string of the molecule is CCOC(=O)CC(=O)C1CCC(OC)CC1. The monoisotopic (exact) mass is 228 g/mol. The van der Waals surface area contributed by atoms with Gasteiger partial charge in [0, 0.05) is 13.0 Å². The largest absolute Gasteiger partial charge is 0.466 e. The molecule has 0 aromatic heterocycles. The summed E-state index contributed by atoms with van der Waals surface area (Å²) in [6.07, 6.45) is 3.70. The number of Topliss-reactive ketones (excluding diaryl/α,β-unsaturated/α-hetero) is 1. The summed E-state index contributed by atoms with van der Waals surface area (Å²) in [5.41, 5.74) is 0. The van der Waals surface area contributed by atoms with Crippen LogP contribution in [0.1, 0.15) is 39.0 Å². The van der Waals surface area contributed by atoms with Crippen LogP contribution >= 0.6 is 0 Å². The molecule has 1 saturated carbocycles. The molecule has 0 spiro atoms. The maximum Gasteiger partial charge on any atom is 0.313 e. The van der Waals surface area contributed by atoms with Crippen LogP contribution < -0.4 is 0 Å². The van der Waals surface area contributed by atoms with E-state index in [9.17, 15) is 9.59 Å². The fourth-order valence-corrected chi connectivity index (χ4v) is 2.12. The van der Waals surface area contributed by atoms with Crippen LogP contribution in [0.3, 0.4) is 0 Å². The van der Waals surface area contributed by atoms with Gasteiger partial charge in [-0.2, -0.15) is 0 Å². The van der Waals surface area contributed by atoms with Crippen LogP contribution in [-0.4, -0.2) is 31.6 Å². The lowest BCUT2D eigenvalue weighted by atomic mass is 9.84. The minimum Gasteiger partial charge on any atom is -0.466 e. The molecule has 0 aromatic rings. The smallest absolute Gasteiger partial charge is 0.313 e. The van der Waals surface area contributed by atoms with E-state index in [-0.39, 0.29) is 24.2 Å². The molecule has 0 amide bonds. The number of ether oxygens (including phenoxy) is 2. The van der Waals surface area contributed by atoms with Crippen molar-refractivity contribution >= 4 is 11.8 Å². The highest BCUT2D eigenvalue weighted by molar-refractivity contribution is 5.96. The molecule has 0 heterocycles. The zero-order valence-corrected chi connectivity index (χ0v) is 10.0. The Morgan fingerprint density at radius 3 is 2.31 bits per heavy atom. The molecule has 1 rings (SSSR count). The highest BCUT2D eigenvalue weighted by atomic mass is 16.5. The number of rotatable bonds is 5. The Balaban J connectivity index is 2.30. The summed E-state index contributed by atoms with van der Waals surface area (Å²) in [6.45, 7) is 2.08. The number of ketones is 1. The Labute approximate surface area is 96.3 Å². The molecule has 1 aliphatic rings. The second-order valence-corrected chi connectivity index (χ2v) is 4.16. The van der Waals surface area contributed by atoms with Crippen molar-refractivity contribution in [3.63, 3.8) is 0 Å². The molecule has 0 bridgehead atoms. The lowest BCUT2D eigenvalue weighted by Gasteiger charge is -2.26. The van der Waals surface area contributed by atoms with Crippen molar-refractivity contribution in [1.29, 1.82) is 0 Å². The van der Waals surface area contributed by atoms with Crippen molar-refractivity contribution in [2.45, 2.75) is 45.1 Å². The first-order chi connectivity index (χ1) is 7.67. The summed E-state index contributed by atoms with van der Waals surface area (Å²) in [5.74, 6) is -0.356. The molecule has 0 N–H and O–H groups in total. The molecule has 1 fully saturated rings. The summed E-state index contributed by atoms with van der Waals surface area (Å²) in [7, 11) is 1.70. The average Bonchev–Trinajstić information content (AvgIpc) is 2.29. The van der Waals surface area contributed by atoms with Crippen LogP contribution in [0.2, 0.25) is 0 Å². The summed E-state index contributed by atoms with van der Waals surface area (Å²) < 4.78 is 10.00. The van der Waals surface area contributed by atoms with E-state index in [1.54, 1.807) is 14.0 Å². The zero-order chi connectivity index (χ0) is 12.0. The normalized spacial score (nSPS) is 25.1. The van der Waals surface area contributed by atoms with Gasteiger partial charge in [-0.3, -0.25) is 9.59 Å². The van der Waals surface area contributed by atoms with Crippen molar-refractivity contribution in [1.82, 2.24) is 0 Å². The quantitative estimate of drug-likeness (QED) is 0.531. The summed E-state index contributed by atoms with van der Waals surface area (Å²) in [6, 6.07) is 0. The van der Waals surface area contributed by atoms with Gasteiger partial charge in [-0.15, -0.1) is 0 Å². The zero-order valence-electron chi connectivity index (χ0n) is 10.0. The minimum atomic E-state index is -0.402. The van der Waals surface area contributed by atoms with E-state index < -0.39 is 5.97 Å². The van der Waals surface area contributed by atoms with Crippen molar-refractivity contribution < 1.29 is 19.1 Å². The maximum atomic E-state index is 11.7. The molecule has 0 aromatic carbocycles. The van der Waals surface area contributed by atoms with E-state index in [0.717, 1.165) is 25.7 Å². The molecule has 0 aliphatic heterocycles. The van der Waals surface area contributed by atoms with E-state index in [2.05, 4.69) is 0 Å². The standard InChI is InChI=1S/C12H20O4/c1-3-16-12(14)8-11(13)9-4-6-10(15-2)7-5-9/h9-10H,3-8H2,1-2H3. The van der Waals surface area contributed by atoms with E-state index >= 15 is 0 Å². The fraction of sp³-hybridized carbons (Fsp3) is 0.833. The van der Waals surface area contributed by atoms with E-state index in [1.165, 1.54) is 0 Å². The summed E-state index contributed by atoms with van der Waals surface area (Å²) in [5, 5.41) is 0. The molecular formula is C12H20O4. The minimum absolute atomic E-state index is 0.0213. The van der Waals surface area contributed by atoms with Gasteiger partial charge < -0.3 is 9.47 Å². The molecule has 16 heavy (non-hydrogen) atoms. The van der Waals surface area contributed by atoms with Gasteiger partial charge in [0.2, 0.25) is 0 Å². The highest BCUT2D eigenvalue weighted by Crippen LogP contribution is 2.27. The first-order valence-electron chi connectivity index (χ1n) is 5.88. The lowest BCUT2D eigenvalue weighted by Crippen LogP contribution is -2.27. The van der Waals surface area contributed by atoms with Gasteiger partial charge in [0.15, 0.2) is 0 Å². The Bertz CT molecular complexity index is 241. The first kappa shape index (κ1) is 13.2. The third-order valence-electron chi connectivity index (χ3n) is 3.09. The average molecular weight is 228 g/mol. The highest BCUT2D eigenvalue weighted by Gasteiger charge is 2.27. The van der Waals surface area contributed by atoms with Crippen LogP contribution in [-0.2, 0) is 19.1 Å². The van der Waals surface area contributed by atoms with Crippen LogP contribution in [0, 0.1) is 5.92 Å². The maximum absolute atomic E-state index is 11.7. The van der Waals surface area contributed by atoms with Crippen molar-refractivity contribution in [2.24, 2.45) is 5.92 Å². The van der Waals surface area contributed by atoms with Gasteiger partial charge in [-0.1, -0.05) is 0 Å². The van der Waals surface area contributed by atoms with Gasteiger partial charge in [0.25, 0.3) is 0 Å². The molecule has 92 valence electrons. The number of carbonyl (C=O) groups excluding carboxylic acids is 2. The van der Waals surface area contributed by atoms with Gasteiger partial charge >= 0.3 is 5.97 Å². The topological polar surface area (TPSA) is 52.6 Å². The van der Waals surface area contributed by atoms with Crippen molar-refractivity contribution in [3.05, 3.63) is 0 Å². The number of carbonyl (C=O) groups is 2. The van der Waals surface area contributed by atoms with Gasteiger partial charge in [0.05, 0.1) is 12.7 Å². The summed E-state index contributed by atoms with van der Waals surface area (Å²) >= 11 is 0. The molecule has 0 saturated heterocycles. The lowest BCUT2D eigenvalue weighted by molar-refractivity contribution is -0.146. The molecule has 0 radical (unpaired) electrons. The predicted octanol–water partition coefficient (Wildman–Crippen LogP) is 1.71.